The van der Waals surface area contributed by atoms with Gasteiger partial charge in [0.1, 0.15) is 5.60 Å². The molecule has 0 aromatic carbocycles. The van der Waals surface area contributed by atoms with Gasteiger partial charge < -0.3 is 15.4 Å². The van der Waals surface area contributed by atoms with Gasteiger partial charge in [0.2, 0.25) is 0 Å². The molecule has 0 heterocycles. The van der Waals surface area contributed by atoms with Gasteiger partial charge >= 0.3 is 6.09 Å². The smallest absolute Gasteiger partial charge is 0.407 e. The number of rotatable bonds is 4. The number of alkyl carbamates (subject to hydrolysis) is 1. The lowest BCUT2D eigenvalue weighted by Crippen LogP contribution is -2.44. The summed E-state index contributed by atoms with van der Waals surface area (Å²) in [5.41, 5.74) is -0.415. The van der Waals surface area contributed by atoms with Gasteiger partial charge in [0.25, 0.3) is 0 Å². The molecule has 2 rings (SSSR count). The van der Waals surface area contributed by atoms with Crippen LogP contribution < -0.4 is 10.6 Å². The standard InChI is InChI=1S/C19H36N2O2/c1-19(2,3)23-18(22)21-17-12-10-16(11-13-17)20-14-15-8-6-4-5-7-9-15/h15-17,20H,4-14H2,1-3H3,(H,21,22). The number of ether oxygens (including phenoxy) is 1. The maximum atomic E-state index is 11.8. The third kappa shape index (κ3) is 7.56. The minimum Gasteiger partial charge on any atom is -0.444 e. The summed E-state index contributed by atoms with van der Waals surface area (Å²) in [6.07, 6.45) is 12.7. The number of amides is 1. The molecule has 134 valence electrons. The van der Waals surface area contributed by atoms with Gasteiger partial charge in [-0.2, -0.15) is 0 Å². The maximum absolute atomic E-state index is 11.8. The molecule has 2 saturated carbocycles. The number of hydrogen-bond donors (Lipinski definition) is 2. The molecule has 23 heavy (non-hydrogen) atoms. The van der Waals surface area contributed by atoms with Crippen molar-refractivity contribution < 1.29 is 9.53 Å². The largest absolute Gasteiger partial charge is 0.444 e. The Morgan fingerprint density at radius 3 is 2.04 bits per heavy atom. The Labute approximate surface area is 142 Å². The zero-order valence-corrected chi connectivity index (χ0v) is 15.3. The molecule has 4 heteroatoms. The molecule has 0 bridgehead atoms. The number of carbonyl (C=O) groups excluding carboxylic acids is 1. The van der Waals surface area contributed by atoms with Crippen LogP contribution in [0.3, 0.4) is 0 Å². The molecular formula is C19H36N2O2. The minimum atomic E-state index is -0.415. The van der Waals surface area contributed by atoms with E-state index in [4.69, 9.17) is 4.74 Å². The van der Waals surface area contributed by atoms with E-state index >= 15 is 0 Å². The van der Waals surface area contributed by atoms with E-state index in [9.17, 15) is 4.79 Å². The summed E-state index contributed by atoms with van der Waals surface area (Å²) in [4.78, 5) is 11.8. The Kier molecular flexibility index (Phi) is 7.19. The van der Waals surface area contributed by atoms with Gasteiger partial charge in [-0.15, -0.1) is 0 Å². The Balaban J connectivity index is 1.61. The Morgan fingerprint density at radius 2 is 1.48 bits per heavy atom. The van der Waals surface area contributed by atoms with Crippen molar-refractivity contribution in [2.24, 2.45) is 5.92 Å². The van der Waals surface area contributed by atoms with Crippen molar-refractivity contribution in [3.8, 4) is 0 Å². The van der Waals surface area contributed by atoms with E-state index < -0.39 is 5.60 Å². The molecule has 0 spiro atoms. The van der Waals surface area contributed by atoms with Crippen LogP contribution in [0.15, 0.2) is 0 Å². The first-order valence-electron chi connectivity index (χ1n) is 9.65. The van der Waals surface area contributed by atoms with Crippen LogP contribution in [0, 0.1) is 5.92 Å². The third-order valence-corrected chi connectivity index (χ3v) is 5.12. The van der Waals surface area contributed by atoms with Crippen molar-refractivity contribution in [3.63, 3.8) is 0 Å². The lowest BCUT2D eigenvalue weighted by Gasteiger charge is -2.31. The second-order valence-corrected chi connectivity index (χ2v) is 8.46. The average Bonchev–Trinajstić information content (AvgIpc) is 2.73. The SMILES string of the molecule is CC(C)(C)OC(=O)NC1CCC(NCC2CCCCCC2)CC1. The molecule has 0 aromatic heterocycles. The average molecular weight is 325 g/mol. The van der Waals surface area contributed by atoms with Crippen molar-refractivity contribution in [1.82, 2.24) is 10.6 Å². The molecule has 2 aliphatic carbocycles. The van der Waals surface area contributed by atoms with Crippen LogP contribution in [0.25, 0.3) is 0 Å². The molecule has 0 saturated heterocycles. The zero-order chi connectivity index (χ0) is 16.7. The predicted octanol–water partition coefficient (Wildman–Crippen LogP) is 4.38. The van der Waals surface area contributed by atoms with Gasteiger partial charge in [0.15, 0.2) is 0 Å². The summed E-state index contributed by atoms with van der Waals surface area (Å²) >= 11 is 0. The van der Waals surface area contributed by atoms with E-state index in [1.807, 2.05) is 20.8 Å². The topological polar surface area (TPSA) is 50.4 Å². The summed E-state index contributed by atoms with van der Waals surface area (Å²) in [7, 11) is 0. The molecule has 0 unspecified atom stereocenters. The van der Waals surface area contributed by atoms with Crippen LogP contribution in [0.5, 0.6) is 0 Å². The highest BCUT2D eigenvalue weighted by Crippen LogP contribution is 2.24. The van der Waals surface area contributed by atoms with Crippen LogP contribution in [-0.4, -0.2) is 30.3 Å². The molecule has 2 aliphatic rings. The highest BCUT2D eigenvalue weighted by molar-refractivity contribution is 5.68. The normalized spacial score (nSPS) is 27.3. The molecular weight excluding hydrogens is 288 g/mol. The Morgan fingerprint density at radius 1 is 0.913 bits per heavy atom. The number of carbonyl (C=O) groups is 1. The first-order chi connectivity index (χ1) is 10.9. The molecule has 2 N–H and O–H groups in total. The van der Waals surface area contributed by atoms with Crippen molar-refractivity contribution in [1.29, 1.82) is 0 Å². The van der Waals surface area contributed by atoms with Crippen LogP contribution in [0.1, 0.15) is 85.0 Å². The molecule has 1 amide bonds. The lowest BCUT2D eigenvalue weighted by atomic mass is 9.90. The molecule has 2 fully saturated rings. The van der Waals surface area contributed by atoms with Crippen molar-refractivity contribution in [2.45, 2.75) is 103 Å². The fourth-order valence-electron chi connectivity index (χ4n) is 3.82. The van der Waals surface area contributed by atoms with Gasteiger partial charge in [-0.25, -0.2) is 4.79 Å². The van der Waals surface area contributed by atoms with Crippen LogP contribution in [0.4, 0.5) is 4.79 Å². The quantitative estimate of drug-likeness (QED) is 0.754. The molecule has 4 nitrogen and oxygen atoms in total. The fourth-order valence-corrected chi connectivity index (χ4v) is 3.82. The van der Waals surface area contributed by atoms with E-state index in [1.165, 1.54) is 45.1 Å². The maximum Gasteiger partial charge on any atom is 0.407 e. The third-order valence-electron chi connectivity index (χ3n) is 5.12. The van der Waals surface area contributed by atoms with Crippen LogP contribution in [-0.2, 0) is 4.74 Å². The zero-order valence-electron chi connectivity index (χ0n) is 15.3. The van der Waals surface area contributed by atoms with E-state index in [1.54, 1.807) is 0 Å². The molecule has 0 aromatic rings. The van der Waals surface area contributed by atoms with E-state index in [2.05, 4.69) is 10.6 Å². The van der Waals surface area contributed by atoms with Crippen molar-refractivity contribution >= 4 is 6.09 Å². The van der Waals surface area contributed by atoms with E-state index in [-0.39, 0.29) is 12.1 Å². The highest BCUT2D eigenvalue weighted by Gasteiger charge is 2.25. The first kappa shape index (κ1) is 18.6. The second-order valence-electron chi connectivity index (χ2n) is 8.46. The number of hydrogen-bond acceptors (Lipinski definition) is 3. The summed E-state index contributed by atoms with van der Waals surface area (Å²) in [5, 5.41) is 6.81. The predicted molar refractivity (Wildman–Crippen MR) is 94.6 cm³/mol. The van der Waals surface area contributed by atoms with Gasteiger partial charge in [-0.1, -0.05) is 25.7 Å². The first-order valence-corrected chi connectivity index (χ1v) is 9.65. The summed E-state index contributed by atoms with van der Waals surface area (Å²) < 4.78 is 5.34. The molecule has 0 aliphatic heterocycles. The minimum absolute atomic E-state index is 0.271. The van der Waals surface area contributed by atoms with Crippen LogP contribution >= 0.6 is 0 Å². The summed E-state index contributed by atoms with van der Waals surface area (Å²) in [6.45, 7) is 6.90. The van der Waals surface area contributed by atoms with Gasteiger partial charge in [-0.05, 0) is 71.8 Å². The van der Waals surface area contributed by atoms with Gasteiger partial charge in [0, 0.05) is 12.1 Å². The summed E-state index contributed by atoms with van der Waals surface area (Å²) in [6, 6.07) is 0.913. The van der Waals surface area contributed by atoms with Gasteiger partial charge in [-0.3, -0.25) is 0 Å². The van der Waals surface area contributed by atoms with E-state index in [0.29, 0.717) is 6.04 Å². The van der Waals surface area contributed by atoms with Gasteiger partial charge in [0.05, 0.1) is 0 Å². The lowest BCUT2D eigenvalue weighted by molar-refractivity contribution is 0.0489. The molecule has 0 radical (unpaired) electrons. The Bertz CT molecular complexity index is 349. The summed E-state index contributed by atoms with van der Waals surface area (Å²) in [5.74, 6) is 0.884. The van der Waals surface area contributed by atoms with E-state index in [0.717, 1.165) is 31.6 Å². The Hall–Kier alpha value is -0.770. The fraction of sp³-hybridized carbons (Fsp3) is 0.947. The number of nitrogens with one attached hydrogen (secondary N) is 2. The molecule has 0 atom stereocenters. The second kappa shape index (κ2) is 8.91. The highest BCUT2D eigenvalue weighted by atomic mass is 16.6. The monoisotopic (exact) mass is 324 g/mol. The van der Waals surface area contributed by atoms with Crippen molar-refractivity contribution in [2.75, 3.05) is 6.54 Å². The van der Waals surface area contributed by atoms with Crippen molar-refractivity contribution in [3.05, 3.63) is 0 Å². The van der Waals surface area contributed by atoms with Crippen LogP contribution in [0.2, 0.25) is 0 Å².